The summed E-state index contributed by atoms with van der Waals surface area (Å²) in [5.74, 6) is 0. The number of sulfone groups is 1. The van der Waals surface area contributed by atoms with E-state index in [1.165, 1.54) is 6.26 Å². The highest BCUT2D eigenvalue weighted by molar-refractivity contribution is 7.91. The van der Waals surface area contributed by atoms with Gasteiger partial charge in [-0.05, 0) is 12.8 Å². The number of hydrogen-bond acceptors (Lipinski definition) is 2. The molecule has 2 nitrogen and oxygen atoms in total. The third kappa shape index (κ3) is 6.08. The Morgan fingerprint density at radius 1 is 1.00 bits per heavy atom. The average Bonchev–Trinajstić information content (AvgIpc) is 2.02. The van der Waals surface area contributed by atoms with E-state index < -0.39 is 9.84 Å². The van der Waals surface area contributed by atoms with Crippen molar-refractivity contribution in [3.05, 3.63) is 0 Å². The van der Waals surface area contributed by atoms with Crippen molar-refractivity contribution in [1.29, 1.82) is 0 Å². The van der Waals surface area contributed by atoms with Crippen molar-refractivity contribution in [3.63, 3.8) is 0 Å². The molecule has 0 saturated heterocycles. The van der Waals surface area contributed by atoms with Crippen molar-refractivity contribution in [3.8, 4) is 0 Å². The molecule has 0 N–H and O–H groups in total. The molecule has 0 bridgehead atoms. The summed E-state index contributed by atoms with van der Waals surface area (Å²) in [5, 5.41) is -0.0904. The summed E-state index contributed by atoms with van der Waals surface area (Å²) in [4.78, 5) is 0. The first-order chi connectivity index (χ1) is 6.02. The molecule has 0 fully saturated rings. The monoisotopic (exact) mass is 206 g/mol. The van der Waals surface area contributed by atoms with Crippen LogP contribution >= 0.6 is 0 Å². The van der Waals surface area contributed by atoms with Crippen LogP contribution in [-0.2, 0) is 9.84 Å². The van der Waals surface area contributed by atoms with Crippen LogP contribution in [-0.4, -0.2) is 19.9 Å². The molecule has 3 heteroatoms. The first-order valence-electron chi connectivity index (χ1n) is 5.21. The second-order valence-corrected chi connectivity index (χ2v) is 6.06. The van der Waals surface area contributed by atoms with Gasteiger partial charge in [-0.2, -0.15) is 0 Å². The van der Waals surface area contributed by atoms with Gasteiger partial charge >= 0.3 is 0 Å². The van der Waals surface area contributed by atoms with E-state index in [0.717, 1.165) is 38.5 Å². The molecule has 0 amide bonds. The Balaban J connectivity index is 4.04. The van der Waals surface area contributed by atoms with Gasteiger partial charge in [-0.15, -0.1) is 0 Å². The van der Waals surface area contributed by atoms with E-state index in [4.69, 9.17) is 0 Å². The van der Waals surface area contributed by atoms with Gasteiger partial charge in [-0.1, -0.05) is 39.5 Å². The molecule has 0 aliphatic carbocycles. The summed E-state index contributed by atoms with van der Waals surface area (Å²) >= 11 is 0. The Morgan fingerprint density at radius 2 is 1.38 bits per heavy atom. The maximum Gasteiger partial charge on any atom is 0.150 e. The van der Waals surface area contributed by atoms with E-state index >= 15 is 0 Å². The molecule has 0 rings (SSSR count). The number of rotatable bonds is 7. The first-order valence-corrected chi connectivity index (χ1v) is 7.16. The van der Waals surface area contributed by atoms with Gasteiger partial charge in [0.2, 0.25) is 0 Å². The van der Waals surface area contributed by atoms with Gasteiger partial charge in [0, 0.05) is 6.26 Å². The lowest BCUT2D eigenvalue weighted by Crippen LogP contribution is -2.19. The quantitative estimate of drug-likeness (QED) is 0.642. The zero-order chi connectivity index (χ0) is 10.3. The van der Waals surface area contributed by atoms with Gasteiger partial charge in [0.1, 0.15) is 9.84 Å². The van der Waals surface area contributed by atoms with E-state index in [1.807, 2.05) is 0 Å². The van der Waals surface area contributed by atoms with Crippen molar-refractivity contribution in [1.82, 2.24) is 0 Å². The van der Waals surface area contributed by atoms with Crippen molar-refractivity contribution in [2.75, 3.05) is 6.26 Å². The fraction of sp³-hybridized carbons (Fsp3) is 1.00. The maximum atomic E-state index is 11.3. The molecule has 0 heterocycles. The van der Waals surface area contributed by atoms with Crippen LogP contribution in [0.15, 0.2) is 0 Å². The highest BCUT2D eigenvalue weighted by Crippen LogP contribution is 2.15. The Kier molecular flexibility index (Phi) is 6.39. The molecule has 0 aromatic carbocycles. The predicted molar refractivity (Wildman–Crippen MR) is 57.7 cm³/mol. The van der Waals surface area contributed by atoms with Crippen LogP contribution in [0.4, 0.5) is 0 Å². The smallest absolute Gasteiger partial charge is 0.150 e. The largest absolute Gasteiger partial charge is 0.229 e. The molecule has 0 saturated carbocycles. The minimum Gasteiger partial charge on any atom is -0.229 e. The van der Waals surface area contributed by atoms with Crippen molar-refractivity contribution < 1.29 is 8.42 Å². The molecule has 0 spiro atoms. The van der Waals surface area contributed by atoms with Crippen LogP contribution in [0, 0.1) is 0 Å². The SMILES string of the molecule is CCCCC(CCCC)S(C)(=O)=O. The van der Waals surface area contributed by atoms with Crippen molar-refractivity contribution >= 4 is 9.84 Å². The van der Waals surface area contributed by atoms with E-state index in [9.17, 15) is 8.42 Å². The second-order valence-electron chi connectivity index (χ2n) is 3.74. The van der Waals surface area contributed by atoms with Gasteiger partial charge in [-0.25, -0.2) is 8.42 Å². The normalized spacial score (nSPS) is 12.3. The minimum atomic E-state index is -2.81. The second kappa shape index (κ2) is 6.41. The van der Waals surface area contributed by atoms with Crippen LogP contribution in [0.5, 0.6) is 0 Å². The predicted octanol–water partition coefficient (Wildman–Crippen LogP) is 2.78. The molecule has 13 heavy (non-hydrogen) atoms. The van der Waals surface area contributed by atoms with Crippen molar-refractivity contribution in [2.45, 2.75) is 57.6 Å². The van der Waals surface area contributed by atoms with E-state index in [2.05, 4.69) is 13.8 Å². The van der Waals surface area contributed by atoms with E-state index in [0.29, 0.717) is 0 Å². The van der Waals surface area contributed by atoms with Gasteiger partial charge in [0.15, 0.2) is 0 Å². The Hall–Kier alpha value is -0.0500. The van der Waals surface area contributed by atoms with Gasteiger partial charge in [0.25, 0.3) is 0 Å². The van der Waals surface area contributed by atoms with Crippen LogP contribution in [0.2, 0.25) is 0 Å². The third-order valence-corrected chi connectivity index (χ3v) is 4.05. The van der Waals surface area contributed by atoms with Crippen LogP contribution in [0.25, 0.3) is 0 Å². The summed E-state index contributed by atoms with van der Waals surface area (Å²) in [6, 6.07) is 0. The zero-order valence-electron chi connectivity index (χ0n) is 9.04. The molecule has 0 aliphatic heterocycles. The third-order valence-electron chi connectivity index (χ3n) is 2.36. The van der Waals surface area contributed by atoms with Crippen LogP contribution in [0.1, 0.15) is 52.4 Å². The Morgan fingerprint density at radius 3 is 1.62 bits per heavy atom. The zero-order valence-corrected chi connectivity index (χ0v) is 9.86. The molecule has 0 atom stereocenters. The highest BCUT2D eigenvalue weighted by atomic mass is 32.2. The Labute approximate surface area is 82.6 Å². The maximum absolute atomic E-state index is 11.3. The summed E-state index contributed by atoms with van der Waals surface area (Å²) in [6.45, 7) is 4.19. The fourth-order valence-electron chi connectivity index (χ4n) is 1.44. The number of hydrogen-bond donors (Lipinski definition) is 0. The highest BCUT2D eigenvalue weighted by Gasteiger charge is 2.18. The first kappa shape index (κ1) is 12.9. The number of unbranched alkanes of at least 4 members (excludes halogenated alkanes) is 2. The molecule has 80 valence electrons. The molecular formula is C10H22O2S. The summed E-state index contributed by atoms with van der Waals surface area (Å²) in [7, 11) is -2.81. The van der Waals surface area contributed by atoms with E-state index in [1.54, 1.807) is 0 Å². The van der Waals surface area contributed by atoms with Gasteiger partial charge in [-0.3, -0.25) is 0 Å². The van der Waals surface area contributed by atoms with Crippen molar-refractivity contribution in [2.24, 2.45) is 0 Å². The fourth-order valence-corrected chi connectivity index (χ4v) is 2.63. The van der Waals surface area contributed by atoms with Crippen LogP contribution in [0.3, 0.4) is 0 Å². The standard InChI is InChI=1S/C10H22O2S/c1-4-6-8-10(9-7-5-2)13(3,11)12/h10H,4-9H2,1-3H3. The molecule has 0 aromatic rings. The summed E-state index contributed by atoms with van der Waals surface area (Å²) < 4.78 is 22.7. The minimum absolute atomic E-state index is 0.0904. The molecule has 0 unspecified atom stereocenters. The van der Waals surface area contributed by atoms with E-state index in [-0.39, 0.29) is 5.25 Å². The van der Waals surface area contributed by atoms with Crippen LogP contribution < -0.4 is 0 Å². The lowest BCUT2D eigenvalue weighted by Gasteiger charge is -2.13. The summed E-state index contributed by atoms with van der Waals surface area (Å²) in [6.07, 6.45) is 7.27. The summed E-state index contributed by atoms with van der Waals surface area (Å²) in [5.41, 5.74) is 0. The lowest BCUT2D eigenvalue weighted by atomic mass is 10.1. The molecule has 0 radical (unpaired) electrons. The molecule has 0 aromatic heterocycles. The lowest BCUT2D eigenvalue weighted by molar-refractivity contribution is 0.545. The van der Waals surface area contributed by atoms with Gasteiger partial charge < -0.3 is 0 Å². The Bertz CT molecular complexity index is 199. The van der Waals surface area contributed by atoms with Gasteiger partial charge in [0.05, 0.1) is 5.25 Å². The molecular weight excluding hydrogens is 184 g/mol. The average molecular weight is 206 g/mol. The molecule has 0 aliphatic rings. The topological polar surface area (TPSA) is 34.1 Å².